The van der Waals surface area contributed by atoms with Crippen LogP contribution in [0.25, 0.3) is 0 Å². The second kappa shape index (κ2) is 7.17. The molecule has 2 aliphatic heterocycles. The molecular weight excluding hydrogens is 311 g/mol. The number of carbonyl (C=O) groups excluding carboxylic acids is 2. The van der Waals surface area contributed by atoms with E-state index >= 15 is 0 Å². The number of halogens is 1. The van der Waals surface area contributed by atoms with Gasteiger partial charge in [0.2, 0.25) is 0 Å². The average molecular weight is 334 g/mol. The molecule has 0 aliphatic carbocycles. The first-order valence-corrected chi connectivity index (χ1v) is 8.40. The minimum atomic E-state index is -0.608. The van der Waals surface area contributed by atoms with Crippen molar-refractivity contribution in [1.82, 2.24) is 15.1 Å². The van der Waals surface area contributed by atoms with E-state index < -0.39 is 11.7 Å². The number of hydrogen-bond acceptors (Lipinski definition) is 3. The smallest absolute Gasteiger partial charge is 0.321 e. The molecule has 0 spiro atoms. The normalized spacial score (nSPS) is 21.1. The summed E-state index contributed by atoms with van der Waals surface area (Å²) in [4.78, 5) is 28.4. The summed E-state index contributed by atoms with van der Waals surface area (Å²) in [5.74, 6) is -1.12. The van der Waals surface area contributed by atoms with E-state index in [1.807, 2.05) is 0 Å². The largest absolute Gasteiger partial charge is 0.355 e. The number of fused-ring (bicyclic) bond motifs is 1. The van der Waals surface area contributed by atoms with E-state index in [-0.39, 0.29) is 11.6 Å². The summed E-state index contributed by atoms with van der Waals surface area (Å²) in [5, 5.41) is 5.17. The van der Waals surface area contributed by atoms with Gasteiger partial charge in [0.15, 0.2) is 0 Å². The summed E-state index contributed by atoms with van der Waals surface area (Å²) in [5.41, 5.74) is 0.346. The van der Waals surface area contributed by atoms with Gasteiger partial charge in [0.05, 0.1) is 5.56 Å². The zero-order valence-corrected chi connectivity index (χ0v) is 13.8. The number of amides is 3. The van der Waals surface area contributed by atoms with Crippen LogP contribution in [0, 0.1) is 5.82 Å². The standard InChI is InChI=1S/C17H23FN4O2/c1-19-16(23)14-10-12(5-6-15(14)18)20-17(24)22-9-8-21-7-3-2-4-13(21)11-22/h5-6,10,13H,2-4,7-9,11H2,1H3,(H,19,23)(H,20,24)/t13-/m0/s1. The van der Waals surface area contributed by atoms with E-state index in [9.17, 15) is 14.0 Å². The second-order valence-corrected chi connectivity index (χ2v) is 6.34. The van der Waals surface area contributed by atoms with E-state index in [0.717, 1.165) is 26.1 Å². The van der Waals surface area contributed by atoms with Crippen LogP contribution in [-0.2, 0) is 0 Å². The van der Waals surface area contributed by atoms with Crippen LogP contribution in [0.5, 0.6) is 0 Å². The fourth-order valence-corrected chi connectivity index (χ4v) is 3.45. The maximum absolute atomic E-state index is 13.7. The molecule has 24 heavy (non-hydrogen) atoms. The first-order valence-electron chi connectivity index (χ1n) is 8.40. The highest BCUT2D eigenvalue weighted by Gasteiger charge is 2.31. The lowest BCUT2D eigenvalue weighted by Crippen LogP contribution is -2.56. The molecule has 2 fully saturated rings. The van der Waals surface area contributed by atoms with Crippen molar-refractivity contribution in [1.29, 1.82) is 0 Å². The van der Waals surface area contributed by atoms with Crippen molar-refractivity contribution in [2.45, 2.75) is 25.3 Å². The van der Waals surface area contributed by atoms with Crippen molar-refractivity contribution in [2.75, 3.05) is 38.5 Å². The predicted molar refractivity (Wildman–Crippen MR) is 89.6 cm³/mol. The Hall–Kier alpha value is -2.15. The molecule has 0 radical (unpaired) electrons. The molecule has 1 atom stereocenters. The number of hydrogen-bond donors (Lipinski definition) is 2. The molecule has 2 heterocycles. The van der Waals surface area contributed by atoms with Crippen LogP contribution < -0.4 is 10.6 Å². The molecule has 6 nitrogen and oxygen atoms in total. The average Bonchev–Trinajstić information content (AvgIpc) is 2.62. The molecular formula is C17H23FN4O2. The van der Waals surface area contributed by atoms with Gasteiger partial charge in [-0.15, -0.1) is 0 Å². The molecule has 3 rings (SSSR count). The molecule has 0 aromatic heterocycles. The van der Waals surface area contributed by atoms with Gasteiger partial charge in [0.1, 0.15) is 5.82 Å². The van der Waals surface area contributed by atoms with Gasteiger partial charge >= 0.3 is 6.03 Å². The first kappa shape index (κ1) is 16.7. The number of piperidine rings is 1. The van der Waals surface area contributed by atoms with Gasteiger partial charge in [-0.25, -0.2) is 9.18 Å². The van der Waals surface area contributed by atoms with Crippen molar-refractivity contribution < 1.29 is 14.0 Å². The Morgan fingerprint density at radius 2 is 2.04 bits per heavy atom. The number of nitrogens with one attached hydrogen (secondary N) is 2. The Balaban J connectivity index is 1.65. The van der Waals surface area contributed by atoms with Crippen LogP contribution in [0.2, 0.25) is 0 Å². The third kappa shape index (κ3) is 3.51. The van der Waals surface area contributed by atoms with E-state index in [2.05, 4.69) is 15.5 Å². The summed E-state index contributed by atoms with van der Waals surface area (Å²) in [6, 6.07) is 4.27. The number of urea groups is 1. The molecule has 2 N–H and O–H groups in total. The summed E-state index contributed by atoms with van der Waals surface area (Å²) < 4.78 is 13.7. The van der Waals surface area contributed by atoms with Gasteiger partial charge in [-0.2, -0.15) is 0 Å². The highest BCUT2D eigenvalue weighted by Crippen LogP contribution is 2.22. The Kier molecular flexibility index (Phi) is 4.99. The molecule has 3 amide bonds. The van der Waals surface area contributed by atoms with Gasteiger partial charge in [-0.05, 0) is 37.6 Å². The molecule has 2 saturated heterocycles. The molecule has 1 aromatic rings. The molecule has 0 bridgehead atoms. The number of anilines is 1. The van der Waals surface area contributed by atoms with Gasteiger partial charge in [-0.3, -0.25) is 9.69 Å². The van der Waals surface area contributed by atoms with E-state index in [1.54, 1.807) is 4.90 Å². The third-order valence-electron chi connectivity index (χ3n) is 4.81. The summed E-state index contributed by atoms with van der Waals surface area (Å²) in [6.45, 7) is 3.42. The predicted octanol–water partition coefficient (Wildman–Crippen LogP) is 1.89. The highest BCUT2D eigenvalue weighted by molar-refractivity contribution is 5.97. The van der Waals surface area contributed by atoms with Gasteiger partial charge < -0.3 is 15.5 Å². The maximum atomic E-state index is 13.7. The fraction of sp³-hybridized carbons (Fsp3) is 0.529. The molecule has 0 saturated carbocycles. The van der Waals surface area contributed by atoms with Crippen LogP contribution in [0.3, 0.4) is 0 Å². The number of benzene rings is 1. The number of piperazine rings is 1. The minimum absolute atomic E-state index is 0.0765. The van der Waals surface area contributed by atoms with E-state index in [4.69, 9.17) is 0 Å². The van der Waals surface area contributed by atoms with Crippen LogP contribution in [-0.4, -0.2) is 61.0 Å². The fourth-order valence-electron chi connectivity index (χ4n) is 3.45. The Bertz CT molecular complexity index is 637. The quantitative estimate of drug-likeness (QED) is 0.868. The van der Waals surface area contributed by atoms with Crippen LogP contribution in [0.15, 0.2) is 18.2 Å². The minimum Gasteiger partial charge on any atom is -0.355 e. The lowest BCUT2D eigenvalue weighted by molar-refractivity contribution is 0.0678. The zero-order valence-electron chi connectivity index (χ0n) is 13.8. The van der Waals surface area contributed by atoms with Crippen molar-refractivity contribution in [2.24, 2.45) is 0 Å². The lowest BCUT2D eigenvalue weighted by atomic mass is 10.00. The highest BCUT2D eigenvalue weighted by atomic mass is 19.1. The molecule has 1 aromatic carbocycles. The Labute approximate surface area is 141 Å². The molecule has 130 valence electrons. The number of carbonyl (C=O) groups is 2. The topological polar surface area (TPSA) is 64.7 Å². The van der Waals surface area contributed by atoms with Crippen LogP contribution in [0.1, 0.15) is 29.6 Å². The van der Waals surface area contributed by atoms with Crippen LogP contribution >= 0.6 is 0 Å². The van der Waals surface area contributed by atoms with Crippen molar-refractivity contribution in [3.8, 4) is 0 Å². The second-order valence-electron chi connectivity index (χ2n) is 6.34. The summed E-state index contributed by atoms with van der Waals surface area (Å²) >= 11 is 0. The van der Waals surface area contributed by atoms with Crippen LogP contribution in [0.4, 0.5) is 14.9 Å². The van der Waals surface area contributed by atoms with Gasteiger partial charge in [-0.1, -0.05) is 6.42 Å². The van der Waals surface area contributed by atoms with Crippen molar-refractivity contribution in [3.05, 3.63) is 29.6 Å². The number of rotatable bonds is 2. The first-order chi connectivity index (χ1) is 11.6. The van der Waals surface area contributed by atoms with E-state index in [0.29, 0.717) is 18.3 Å². The lowest BCUT2D eigenvalue weighted by Gasteiger charge is -2.43. The monoisotopic (exact) mass is 334 g/mol. The Morgan fingerprint density at radius 3 is 2.83 bits per heavy atom. The van der Waals surface area contributed by atoms with Gasteiger partial charge in [0, 0.05) is 38.4 Å². The molecule has 7 heteroatoms. The zero-order chi connectivity index (χ0) is 17.1. The van der Waals surface area contributed by atoms with Crippen molar-refractivity contribution >= 4 is 17.6 Å². The van der Waals surface area contributed by atoms with Gasteiger partial charge in [0.25, 0.3) is 5.91 Å². The molecule has 2 aliphatic rings. The SMILES string of the molecule is CNC(=O)c1cc(NC(=O)N2CCN3CCCC[C@H]3C2)ccc1F. The Morgan fingerprint density at radius 1 is 1.21 bits per heavy atom. The molecule has 0 unspecified atom stereocenters. The summed E-state index contributed by atoms with van der Waals surface area (Å²) in [7, 11) is 1.44. The summed E-state index contributed by atoms with van der Waals surface area (Å²) in [6.07, 6.45) is 3.58. The van der Waals surface area contributed by atoms with Crippen molar-refractivity contribution in [3.63, 3.8) is 0 Å². The van der Waals surface area contributed by atoms with E-state index in [1.165, 1.54) is 38.1 Å². The maximum Gasteiger partial charge on any atom is 0.321 e. The third-order valence-corrected chi connectivity index (χ3v) is 4.81. The number of nitrogens with zero attached hydrogens (tertiary/aromatic N) is 2.